The molecule has 0 saturated carbocycles. The van der Waals surface area contributed by atoms with E-state index in [0.29, 0.717) is 24.8 Å². The van der Waals surface area contributed by atoms with Crippen molar-refractivity contribution in [1.82, 2.24) is 14.8 Å². The number of pyridine rings is 1. The number of carbonyl (C=O) groups excluding carboxylic acids is 1. The first-order valence-electron chi connectivity index (χ1n) is 12.7. The highest BCUT2D eigenvalue weighted by molar-refractivity contribution is 14.1. The summed E-state index contributed by atoms with van der Waals surface area (Å²) in [5.74, 6) is 0.440. The largest absolute Gasteiger partial charge is 0.474 e. The van der Waals surface area contributed by atoms with Crippen LogP contribution >= 0.6 is 22.6 Å². The van der Waals surface area contributed by atoms with Crippen LogP contribution in [0, 0.1) is 3.70 Å². The maximum atomic E-state index is 12.1. The lowest BCUT2D eigenvalue weighted by Gasteiger charge is -2.37. The molecule has 7 heteroatoms. The third-order valence-corrected chi connectivity index (χ3v) is 7.82. The normalized spacial score (nSPS) is 14.4. The molecule has 0 aliphatic carbocycles. The molecule has 6 rings (SSSR count). The van der Waals surface area contributed by atoms with Crippen LogP contribution in [0.15, 0.2) is 97.1 Å². The maximum Gasteiger partial charge on any atom is 0.226 e. The molecule has 6 nitrogen and oxygen atoms in total. The van der Waals surface area contributed by atoms with E-state index in [1.807, 2.05) is 65.3 Å². The van der Waals surface area contributed by atoms with E-state index in [9.17, 15) is 4.79 Å². The van der Waals surface area contributed by atoms with Gasteiger partial charge in [0.2, 0.25) is 5.88 Å². The number of rotatable bonds is 7. The van der Waals surface area contributed by atoms with Gasteiger partial charge in [-0.05, 0) is 45.3 Å². The van der Waals surface area contributed by atoms with Gasteiger partial charge in [0.25, 0.3) is 0 Å². The minimum absolute atomic E-state index is 0.0253. The van der Waals surface area contributed by atoms with Gasteiger partial charge < -0.3 is 9.47 Å². The first-order valence-corrected chi connectivity index (χ1v) is 13.8. The van der Waals surface area contributed by atoms with Gasteiger partial charge in [-0.15, -0.1) is 0 Å². The van der Waals surface area contributed by atoms with E-state index in [2.05, 4.69) is 64.0 Å². The van der Waals surface area contributed by atoms with E-state index in [4.69, 9.17) is 14.6 Å². The fraction of sp³-hybridized carbons (Fsp3) is 0.194. The number of benzene rings is 3. The van der Waals surface area contributed by atoms with Crippen LogP contribution < -0.4 is 4.74 Å². The lowest BCUT2D eigenvalue weighted by molar-refractivity contribution is 0.0243. The Morgan fingerprint density at radius 2 is 1.39 bits per heavy atom. The molecule has 3 heterocycles. The summed E-state index contributed by atoms with van der Waals surface area (Å²) in [4.78, 5) is 16.7. The highest BCUT2D eigenvalue weighted by Crippen LogP contribution is 2.44. The van der Waals surface area contributed by atoms with Gasteiger partial charge in [0, 0.05) is 12.8 Å². The summed E-state index contributed by atoms with van der Waals surface area (Å²) in [7, 11) is 0. The van der Waals surface area contributed by atoms with E-state index in [0.717, 1.165) is 50.4 Å². The van der Waals surface area contributed by atoms with Gasteiger partial charge in [-0.3, -0.25) is 4.79 Å². The van der Waals surface area contributed by atoms with Gasteiger partial charge in [0.15, 0.2) is 6.29 Å². The summed E-state index contributed by atoms with van der Waals surface area (Å²) < 4.78 is 14.7. The van der Waals surface area contributed by atoms with Crippen molar-refractivity contribution in [2.24, 2.45) is 0 Å². The van der Waals surface area contributed by atoms with Crippen LogP contribution in [0.1, 0.15) is 40.0 Å². The SMILES string of the molecule is O=Cc1cc2c(c(I)nn2C(c2ccccc2)(c2ccccc2)c2ccccc2)c(OC2CCOCC2)n1. The Morgan fingerprint density at radius 3 is 1.89 bits per heavy atom. The number of halogens is 1. The lowest BCUT2D eigenvalue weighted by atomic mass is 9.77. The molecule has 0 unspecified atom stereocenters. The molecule has 1 saturated heterocycles. The van der Waals surface area contributed by atoms with Gasteiger partial charge in [0.05, 0.1) is 24.1 Å². The molecule has 0 N–H and O–H groups in total. The Bertz CT molecular complexity index is 1450. The highest BCUT2D eigenvalue weighted by atomic mass is 127. The van der Waals surface area contributed by atoms with Crippen LogP contribution in [0.3, 0.4) is 0 Å². The van der Waals surface area contributed by atoms with Crippen molar-refractivity contribution in [3.8, 4) is 5.88 Å². The standard InChI is InChI=1S/C31H26IN3O3/c32-29-28-27(20-25(21-36)33-30(28)38-26-16-18-37-19-17-26)35(34-29)31(22-10-4-1-5-11-22,23-12-6-2-7-13-23)24-14-8-3-9-15-24/h1-15,20-21,26H,16-19H2. The van der Waals surface area contributed by atoms with Crippen LogP contribution in [-0.4, -0.2) is 40.4 Å². The summed E-state index contributed by atoms with van der Waals surface area (Å²) in [5.41, 5.74) is 3.42. The summed E-state index contributed by atoms with van der Waals surface area (Å²) >= 11 is 2.26. The molecule has 0 bridgehead atoms. The zero-order valence-electron chi connectivity index (χ0n) is 20.7. The minimum atomic E-state index is -0.817. The van der Waals surface area contributed by atoms with Crippen LogP contribution in [0.25, 0.3) is 10.9 Å². The summed E-state index contributed by atoms with van der Waals surface area (Å²) in [6.45, 7) is 1.30. The van der Waals surface area contributed by atoms with Gasteiger partial charge in [-0.1, -0.05) is 91.0 Å². The number of aromatic nitrogens is 3. The van der Waals surface area contributed by atoms with Crippen LogP contribution in [0.2, 0.25) is 0 Å². The third kappa shape index (κ3) is 4.29. The quantitative estimate of drug-likeness (QED) is 0.123. The molecule has 0 radical (unpaired) electrons. The molecule has 1 fully saturated rings. The number of nitrogens with zero attached hydrogens (tertiary/aromatic N) is 3. The van der Waals surface area contributed by atoms with Crippen molar-refractivity contribution in [2.45, 2.75) is 24.5 Å². The van der Waals surface area contributed by atoms with E-state index in [1.54, 1.807) is 0 Å². The molecule has 3 aromatic carbocycles. The molecule has 1 aliphatic heterocycles. The average molecular weight is 615 g/mol. The van der Waals surface area contributed by atoms with Gasteiger partial charge >= 0.3 is 0 Å². The molecule has 0 amide bonds. The molecule has 190 valence electrons. The van der Waals surface area contributed by atoms with Gasteiger partial charge in [-0.25, -0.2) is 9.67 Å². The van der Waals surface area contributed by atoms with Crippen LogP contribution in [0.4, 0.5) is 0 Å². The number of fused-ring (bicyclic) bond motifs is 1. The van der Waals surface area contributed by atoms with Gasteiger partial charge in [-0.2, -0.15) is 5.10 Å². The number of aldehydes is 1. The first kappa shape index (κ1) is 24.8. The predicted octanol–water partition coefficient (Wildman–Crippen LogP) is 6.25. The monoisotopic (exact) mass is 615 g/mol. The average Bonchev–Trinajstić information content (AvgIpc) is 3.32. The van der Waals surface area contributed by atoms with Crippen molar-refractivity contribution in [3.63, 3.8) is 0 Å². The lowest BCUT2D eigenvalue weighted by Crippen LogP contribution is -2.38. The number of hydrogen-bond donors (Lipinski definition) is 0. The fourth-order valence-corrected chi connectivity index (χ4v) is 6.06. The molecule has 1 aliphatic rings. The number of ether oxygens (including phenoxy) is 2. The Morgan fingerprint density at radius 1 is 0.868 bits per heavy atom. The van der Waals surface area contributed by atoms with Crippen molar-refractivity contribution in [2.75, 3.05) is 13.2 Å². The second-order valence-corrected chi connectivity index (χ2v) is 10.3. The van der Waals surface area contributed by atoms with Crippen molar-refractivity contribution < 1.29 is 14.3 Å². The van der Waals surface area contributed by atoms with E-state index in [-0.39, 0.29) is 6.10 Å². The van der Waals surface area contributed by atoms with Crippen molar-refractivity contribution in [1.29, 1.82) is 0 Å². The first-order chi connectivity index (χ1) is 18.7. The molecule has 2 aromatic heterocycles. The fourth-order valence-electron chi connectivity index (χ4n) is 5.34. The summed E-state index contributed by atoms with van der Waals surface area (Å²) in [5, 5.41) is 5.96. The molecule has 0 atom stereocenters. The highest BCUT2D eigenvalue weighted by Gasteiger charge is 2.41. The van der Waals surface area contributed by atoms with E-state index >= 15 is 0 Å². The Hall–Kier alpha value is -3.56. The van der Waals surface area contributed by atoms with E-state index < -0.39 is 5.54 Å². The third-order valence-electron chi connectivity index (χ3n) is 7.07. The molecule has 5 aromatic rings. The Kier molecular flexibility index (Phi) is 6.95. The Balaban J connectivity index is 1.69. The Labute approximate surface area is 234 Å². The maximum absolute atomic E-state index is 12.1. The molecular weight excluding hydrogens is 589 g/mol. The second kappa shape index (κ2) is 10.7. The van der Waals surface area contributed by atoms with Crippen molar-refractivity contribution in [3.05, 3.63) is 123 Å². The number of hydrogen-bond acceptors (Lipinski definition) is 5. The molecular formula is C31H26IN3O3. The minimum Gasteiger partial charge on any atom is -0.474 e. The molecule has 0 spiro atoms. The van der Waals surface area contributed by atoms with Gasteiger partial charge in [0.1, 0.15) is 21.0 Å². The van der Waals surface area contributed by atoms with Crippen LogP contribution in [0.5, 0.6) is 5.88 Å². The molecule has 38 heavy (non-hydrogen) atoms. The zero-order chi connectivity index (χ0) is 26.0. The van der Waals surface area contributed by atoms with E-state index in [1.165, 1.54) is 0 Å². The van der Waals surface area contributed by atoms with Crippen LogP contribution in [-0.2, 0) is 10.3 Å². The second-order valence-electron chi connectivity index (χ2n) is 9.30. The topological polar surface area (TPSA) is 66.2 Å². The summed E-state index contributed by atoms with van der Waals surface area (Å²) in [6.07, 6.45) is 2.31. The predicted molar refractivity (Wildman–Crippen MR) is 155 cm³/mol. The summed E-state index contributed by atoms with van der Waals surface area (Å²) in [6, 6.07) is 32.9. The smallest absolute Gasteiger partial charge is 0.226 e. The zero-order valence-corrected chi connectivity index (χ0v) is 22.8. The van der Waals surface area contributed by atoms with Crippen molar-refractivity contribution >= 4 is 39.8 Å². The number of carbonyl (C=O) groups is 1.